The summed E-state index contributed by atoms with van der Waals surface area (Å²) in [5.74, 6) is -0.615. The topological polar surface area (TPSA) is 33.1 Å². The van der Waals surface area contributed by atoms with Gasteiger partial charge in [-0.3, -0.25) is 4.98 Å². The Hall–Kier alpha value is -0.970. The molecule has 2 nitrogen and oxygen atoms in total. The number of rotatable bonds is 2. The Bertz CT molecular complexity index is 613. The molecule has 5 heteroatoms. The number of aromatic nitrogens is 1. The summed E-state index contributed by atoms with van der Waals surface area (Å²) in [4.78, 5) is 4.23. The van der Waals surface area contributed by atoms with Crippen LogP contribution in [-0.4, -0.2) is 10.1 Å². The van der Waals surface area contributed by atoms with Gasteiger partial charge in [0.15, 0.2) is 0 Å². The van der Waals surface area contributed by atoms with Gasteiger partial charge >= 0.3 is 0 Å². The number of aliphatic hydroxyl groups is 1. The smallest absolute Gasteiger partial charge is 0.149 e. The number of pyridine rings is 1. The number of benzene rings is 1. The fourth-order valence-corrected chi connectivity index (χ4v) is 2.43. The fourth-order valence-electron chi connectivity index (χ4n) is 1.96. The lowest BCUT2D eigenvalue weighted by molar-refractivity contribution is 0.214. The Balaban J connectivity index is 2.50. The van der Waals surface area contributed by atoms with E-state index in [1.54, 1.807) is 18.2 Å². The molecule has 1 N–H and O–H groups in total. The molecule has 1 heterocycles. The molecule has 1 aromatic carbocycles. The summed E-state index contributed by atoms with van der Waals surface area (Å²) in [5, 5.41) is 10.3. The normalized spacial score (nSPS) is 12.5. The largest absolute Gasteiger partial charge is 0.384 e. The van der Waals surface area contributed by atoms with Gasteiger partial charge in [0, 0.05) is 21.4 Å². The molecule has 19 heavy (non-hydrogen) atoms. The highest BCUT2D eigenvalue weighted by Gasteiger charge is 2.19. The number of hydrogen-bond acceptors (Lipinski definition) is 2. The van der Waals surface area contributed by atoms with Gasteiger partial charge in [0.05, 0.1) is 5.02 Å². The molecule has 0 amide bonds. The van der Waals surface area contributed by atoms with E-state index in [0.717, 1.165) is 11.4 Å². The van der Waals surface area contributed by atoms with Crippen molar-refractivity contribution in [2.75, 3.05) is 0 Å². The Morgan fingerprint density at radius 1 is 1.26 bits per heavy atom. The third-order valence-electron chi connectivity index (χ3n) is 2.78. The molecule has 0 bridgehead atoms. The van der Waals surface area contributed by atoms with Crippen molar-refractivity contribution in [2.45, 2.75) is 20.0 Å². The molecule has 1 unspecified atom stereocenters. The molecular weight excluding hydrogens is 333 g/mol. The van der Waals surface area contributed by atoms with Gasteiger partial charge in [0.25, 0.3) is 0 Å². The second-order valence-electron chi connectivity index (χ2n) is 4.35. The molecule has 1 atom stereocenters. The summed E-state index contributed by atoms with van der Waals surface area (Å²) in [5.41, 5.74) is 2.30. The molecule has 2 rings (SSSR count). The molecule has 1 aromatic heterocycles. The number of aliphatic hydroxyl groups excluding tert-OH is 1. The van der Waals surface area contributed by atoms with E-state index in [0.29, 0.717) is 10.0 Å². The molecule has 100 valence electrons. The maximum Gasteiger partial charge on any atom is 0.149 e. The molecular formula is C14H12BrClFNO. The molecule has 0 spiro atoms. The molecule has 0 aliphatic heterocycles. The minimum Gasteiger partial charge on any atom is -0.384 e. The van der Waals surface area contributed by atoms with Crippen LogP contribution >= 0.6 is 27.5 Å². The van der Waals surface area contributed by atoms with E-state index in [-0.39, 0.29) is 10.6 Å². The maximum atomic E-state index is 14.1. The monoisotopic (exact) mass is 343 g/mol. The van der Waals surface area contributed by atoms with Gasteiger partial charge in [-0.25, -0.2) is 4.39 Å². The van der Waals surface area contributed by atoms with Gasteiger partial charge in [0.2, 0.25) is 0 Å². The van der Waals surface area contributed by atoms with Crippen LogP contribution in [0.1, 0.15) is 28.6 Å². The van der Waals surface area contributed by atoms with Crippen LogP contribution in [0.2, 0.25) is 5.02 Å². The molecule has 0 aliphatic rings. The highest BCUT2D eigenvalue weighted by Crippen LogP contribution is 2.33. The van der Waals surface area contributed by atoms with Gasteiger partial charge in [-0.2, -0.15) is 0 Å². The second kappa shape index (κ2) is 5.57. The predicted octanol–water partition coefficient (Wildman–Crippen LogP) is 4.34. The van der Waals surface area contributed by atoms with E-state index >= 15 is 0 Å². The Kier molecular flexibility index (Phi) is 4.23. The highest BCUT2D eigenvalue weighted by molar-refractivity contribution is 9.10. The lowest BCUT2D eigenvalue weighted by Crippen LogP contribution is -2.05. The number of halogens is 3. The van der Waals surface area contributed by atoms with E-state index in [4.69, 9.17) is 11.6 Å². The van der Waals surface area contributed by atoms with Crippen LogP contribution < -0.4 is 0 Å². The lowest BCUT2D eigenvalue weighted by Gasteiger charge is -2.14. The summed E-state index contributed by atoms with van der Waals surface area (Å²) in [7, 11) is 0. The van der Waals surface area contributed by atoms with Crippen molar-refractivity contribution in [2.24, 2.45) is 0 Å². The van der Waals surface area contributed by atoms with Crippen molar-refractivity contribution in [3.05, 3.63) is 62.1 Å². The molecule has 0 fully saturated rings. The quantitative estimate of drug-likeness (QED) is 0.822. The Labute approximate surface area is 124 Å². The average Bonchev–Trinajstić information content (AvgIpc) is 2.34. The fraction of sp³-hybridized carbons (Fsp3) is 0.214. The summed E-state index contributed by atoms with van der Waals surface area (Å²) >= 11 is 8.98. The van der Waals surface area contributed by atoms with E-state index < -0.39 is 11.9 Å². The van der Waals surface area contributed by atoms with Crippen LogP contribution in [0.5, 0.6) is 0 Å². The van der Waals surface area contributed by atoms with Crippen LogP contribution in [0.3, 0.4) is 0 Å². The molecule has 0 saturated heterocycles. The number of nitrogens with zero attached hydrogens (tertiary/aromatic N) is 1. The predicted molar refractivity (Wildman–Crippen MR) is 76.9 cm³/mol. The van der Waals surface area contributed by atoms with E-state index in [1.165, 1.54) is 6.07 Å². The molecule has 0 saturated carbocycles. The third kappa shape index (κ3) is 2.96. The standard InChI is InChI=1S/C14H12BrClFNO/c1-7-5-9(6-8(2)18-7)14(19)10-3-4-11(15)12(16)13(10)17/h3-6,14,19H,1-2H3. The highest BCUT2D eigenvalue weighted by atomic mass is 79.9. The summed E-state index contributed by atoms with van der Waals surface area (Å²) in [6.45, 7) is 3.66. The van der Waals surface area contributed by atoms with Crippen molar-refractivity contribution in [1.29, 1.82) is 0 Å². The SMILES string of the molecule is Cc1cc(C(O)c2ccc(Br)c(Cl)c2F)cc(C)n1. The van der Waals surface area contributed by atoms with Crippen molar-refractivity contribution in [1.82, 2.24) is 4.98 Å². The summed E-state index contributed by atoms with van der Waals surface area (Å²) in [6.07, 6.45) is -1.06. The van der Waals surface area contributed by atoms with Crippen molar-refractivity contribution in [3.63, 3.8) is 0 Å². The zero-order valence-electron chi connectivity index (χ0n) is 10.4. The molecule has 0 aliphatic carbocycles. The average molecular weight is 345 g/mol. The Morgan fingerprint density at radius 2 is 1.84 bits per heavy atom. The van der Waals surface area contributed by atoms with Gasteiger partial charge in [0.1, 0.15) is 11.9 Å². The van der Waals surface area contributed by atoms with Crippen LogP contribution in [-0.2, 0) is 0 Å². The Morgan fingerprint density at radius 3 is 2.42 bits per heavy atom. The van der Waals surface area contributed by atoms with Crippen molar-refractivity contribution < 1.29 is 9.50 Å². The van der Waals surface area contributed by atoms with Gasteiger partial charge in [-0.1, -0.05) is 17.7 Å². The number of hydrogen-bond donors (Lipinski definition) is 1. The van der Waals surface area contributed by atoms with Crippen LogP contribution in [0.15, 0.2) is 28.7 Å². The molecule has 0 radical (unpaired) electrons. The molecule has 2 aromatic rings. The zero-order valence-corrected chi connectivity index (χ0v) is 12.8. The number of aryl methyl sites for hydroxylation is 2. The van der Waals surface area contributed by atoms with Gasteiger partial charge in [-0.15, -0.1) is 0 Å². The summed E-state index contributed by atoms with van der Waals surface area (Å²) < 4.78 is 14.5. The van der Waals surface area contributed by atoms with E-state index in [9.17, 15) is 9.50 Å². The first kappa shape index (κ1) is 14.4. The summed E-state index contributed by atoms with van der Waals surface area (Å²) in [6, 6.07) is 6.59. The van der Waals surface area contributed by atoms with Crippen LogP contribution in [0.25, 0.3) is 0 Å². The zero-order chi connectivity index (χ0) is 14.2. The van der Waals surface area contributed by atoms with Crippen LogP contribution in [0.4, 0.5) is 4.39 Å². The maximum absolute atomic E-state index is 14.1. The van der Waals surface area contributed by atoms with E-state index in [2.05, 4.69) is 20.9 Å². The first-order chi connectivity index (χ1) is 8.90. The first-order valence-corrected chi connectivity index (χ1v) is 6.84. The van der Waals surface area contributed by atoms with Gasteiger partial charge < -0.3 is 5.11 Å². The van der Waals surface area contributed by atoms with E-state index in [1.807, 2.05) is 13.8 Å². The minimum atomic E-state index is -1.06. The van der Waals surface area contributed by atoms with Gasteiger partial charge in [-0.05, 0) is 53.5 Å². The lowest BCUT2D eigenvalue weighted by atomic mass is 10.0. The van der Waals surface area contributed by atoms with Crippen LogP contribution in [0, 0.1) is 19.7 Å². The first-order valence-electron chi connectivity index (χ1n) is 5.67. The third-order valence-corrected chi connectivity index (χ3v) is 4.04. The minimum absolute atomic E-state index is 0.0287. The van der Waals surface area contributed by atoms with Crippen molar-refractivity contribution >= 4 is 27.5 Å². The second-order valence-corrected chi connectivity index (χ2v) is 5.58. The van der Waals surface area contributed by atoms with Crippen molar-refractivity contribution in [3.8, 4) is 0 Å².